The van der Waals surface area contributed by atoms with Crippen LogP contribution >= 0.6 is 0 Å². The quantitative estimate of drug-likeness (QED) is 0.744. The van der Waals surface area contributed by atoms with E-state index in [2.05, 4.69) is 4.90 Å². The molecule has 8 heteroatoms. The lowest BCUT2D eigenvalue weighted by Gasteiger charge is -2.49. The summed E-state index contributed by atoms with van der Waals surface area (Å²) in [6.07, 6.45) is 2.63. The van der Waals surface area contributed by atoms with E-state index in [4.69, 9.17) is 9.88 Å². The second-order valence-corrected chi connectivity index (χ2v) is 10.5. The van der Waals surface area contributed by atoms with Crippen LogP contribution in [0.4, 0.5) is 0 Å². The van der Waals surface area contributed by atoms with Gasteiger partial charge in [0, 0.05) is 31.7 Å². The highest BCUT2D eigenvalue weighted by molar-refractivity contribution is 7.89. The van der Waals surface area contributed by atoms with Gasteiger partial charge in [-0.2, -0.15) is 0 Å². The van der Waals surface area contributed by atoms with Crippen molar-refractivity contribution >= 4 is 15.9 Å². The van der Waals surface area contributed by atoms with Crippen LogP contribution < -0.4 is 5.14 Å². The van der Waals surface area contributed by atoms with Crippen molar-refractivity contribution in [2.24, 2.45) is 5.14 Å². The number of carbonyl (C=O) groups excluding carboxylic acids is 1. The van der Waals surface area contributed by atoms with Gasteiger partial charge in [0.05, 0.1) is 23.1 Å². The zero-order chi connectivity index (χ0) is 22.8. The number of primary sulfonamides is 1. The number of hydrogen-bond acceptors (Lipinski definition) is 5. The van der Waals surface area contributed by atoms with E-state index in [1.807, 2.05) is 54.3 Å². The summed E-state index contributed by atoms with van der Waals surface area (Å²) in [5.74, 6) is 0.0745. The van der Waals surface area contributed by atoms with Crippen LogP contribution in [0.3, 0.4) is 0 Å². The SMILES string of the molecule is CC1CN(C(=O)c2ccccc2)CC2(CCN(CCc3ccc(S(N)(=O)=O)cc3)CC2)O1. The molecule has 1 spiro atoms. The van der Waals surface area contributed by atoms with Crippen molar-refractivity contribution in [1.82, 2.24) is 9.80 Å². The van der Waals surface area contributed by atoms with E-state index in [1.165, 1.54) is 0 Å². The Morgan fingerprint density at radius 3 is 2.38 bits per heavy atom. The molecule has 1 atom stereocenters. The highest BCUT2D eigenvalue weighted by Gasteiger charge is 2.43. The number of piperidine rings is 1. The van der Waals surface area contributed by atoms with Gasteiger partial charge in [-0.1, -0.05) is 30.3 Å². The summed E-state index contributed by atoms with van der Waals surface area (Å²) in [4.78, 5) is 17.5. The summed E-state index contributed by atoms with van der Waals surface area (Å²) >= 11 is 0. The van der Waals surface area contributed by atoms with Gasteiger partial charge in [-0.3, -0.25) is 4.79 Å². The molecular weight excluding hydrogens is 426 g/mol. The van der Waals surface area contributed by atoms with Gasteiger partial charge in [0.2, 0.25) is 10.0 Å². The molecule has 7 nitrogen and oxygen atoms in total. The van der Waals surface area contributed by atoms with Crippen LogP contribution in [0.25, 0.3) is 0 Å². The maximum atomic E-state index is 13.0. The van der Waals surface area contributed by atoms with Gasteiger partial charge in [0.15, 0.2) is 0 Å². The van der Waals surface area contributed by atoms with Crippen LogP contribution in [0.15, 0.2) is 59.5 Å². The third-order valence-corrected chi connectivity index (χ3v) is 7.38. The van der Waals surface area contributed by atoms with Gasteiger partial charge in [-0.25, -0.2) is 13.6 Å². The number of ether oxygens (including phenoxy) is 1. The normalized spacial score (nSPS) is 21.6. The number of rotatable bonds is 5. The van der Waals surface area contributed by atoms with E-state index in [0.717, 1.165) is 50.0 Å². The first-order valence-electron chi connectivity index (χ1n) is 11.1. The molecule has 2 aromatic carbocycles. The van der Waals surface area contributed by atoms with Gasteiger partial charge in [0.25, 0.3) is 5.91 Å². The summed E-state index contributed by atoms with van der Waals surface area (Å²) in [7, 11) is -3.66. The first-order chi connectivity index (χ1) is 15.2. The van der Waals surface area contributed by atoms with Crippen molar-refractivity contribution in [2.75, 3.05) is 32.7 Å². The second kappa shape index (κ2) is 9.31. The number of amides is 1. The molecule has 2 N–H and O–H groups in total. The summed E-state index contributed by atoms with van der Waals surface area (Å²) in [6, 6.07) is 16.2. The number of hydrogen-bond donors (Lipinski definition) is 1. The lowest BCUT2D eigenvalue weighted by Crippen LogP contribution is -2.60. The molecule has 2 aliphatic rings. The van der Waals surface area contributed by atoms with E-state index < -0.39 is 10.0 Å². The van der Waals surface area contributed by atoms with Crippen molar-refractivity contribution in [2.45, 2.75) is 42.8 Å². The van der Waals surface area contributed by atoms with Crippen molar-refractivity contribution in [3.05, 3.63) is 65.7 Å². The summed E-state index contributed by atoms with van der Waals surface area (Å²) in [5.41, 5.74) is 1.53. The predicted octanol–water partition coefficient (Wildman–Crippen LogP) is 2.27. The van der Waals surface area contributed by atoms with Gasteiger partial charge < -0.3 is 14.5 Å². The fourth-order valence-electron chi connectivity index (χ4n) is 4.74. The first-order valence-corrected chi connectivity index (χ1v) is 12.7. The number of nitrogens with zero attached hydrogens (tertiary/aromatic N) is 2. The Morgan fingerprint density at radius 1 is 1.09 bits per heavy atom. The number of sulfonamides is 1. The molecule has 2 aliphatic heterocycles. The number of likely N-dealkylation sites (tertiary alicyclic amines) is 1. The molecule has 0 radical (unpaired) electrons. The Balaban J connectivity index is 1.32. The van der Waals surface area contributed by atoms with Crippen LogP contribution in [0, 0.1) is 0 Å². The topological polar surface area (TPSA) is 92.9 Å². The number of benzene rings is 2. The van der Waals surface area contributed by atoms with E-state index in [-0.39, 0.29) is 22.5 Å². The smallest absolute Gasteiger partial charge is 0.254 e. The molecule has 2 heterocycles. The highest BCUT2D eigenvalue weighted by atomic mass is 32.2. The molecule has 172 valence electrons. The maximum absolute atomic E-state index is 13.0. The summed E-state index contributed by atoms with van der Waals surface area (Å²) in [6.45, 7) is 6.02. The van der Waals surface area contributed by atoms with Crippen LogP contribution in [-0.2, 0) is 21.2 Å². The van der Waals surface area contributed by atoms with Gasteiger partial charge >= 0.3 is 0 Å². The molecule has 2 fully saturated rings. The minimum absolute atomic E-state index is 0.0142. The molecular formula is C24H31N3O4S. The van der Waals surface area contributed by atoms with Gasteiger partial charge in [-0.15, -0.1) is 0 Å². The Morgan fingerprint density at radius 2 is 1.75 bits per heavy atom. The minimum Gasteiger partial charge on any atom is -0.368 e. The Labute approximate surface area is 190 Å². The fraction of sp³-hybridized carbons (Fsp3) is 0.458. The fourth-order valence-corrected chi connectivity index (χ4v) is 5.25. The first kappa shape index (κ1) is 22.9. The Kier molecular flexibility index (Phi) is 6.67. The molecule has 1 unspecified atom stereocenters. The molecule has 0 aliphatic carbocycles. The largest absolute Gasteiger partial charge is 0.368 e. The van der Waals surface area contributed by atoms with Crippen LogP contribution in [-0.4, -0.2) is 68.6 Å². The Bertz CT molecular complexity index is 1030. The molecule has 0 saturated carbocycles. The zero-order valence-electron chi connectivity index (χ0n) is 18.4. The summed E-state index contributed by atoms with van der Waals surface area (Å²) < 4.78 is 29.2. The lowest BCUT2D eigenvalue weighted by molar-refractivity contribution is -0.161. The molecule has 2 saturated heterocycles. The van der Waals surface area contributed by atoms with Crippen molar-refractivity contribution in [1.29, 1.82) is 0 Å². The second-order valence-electron chi connectivity index (χ2n) is 8.94. The van der Waals surface area contributed by atoms with Crippen LogP contribution in [0.1, 0.15) is 35.7 Å². The van der Waals surface area contributed by atoms with Crippen molar-refractivity contribution in [3.8, 4) is 0 Å². The monoisotopic (exact) mass is 457 g/mol. The van der Waals surface area contributed by atoms with Crippen molar-refractivity contribution < 1.29 is 17.9 Å². The molecule has 32 heavy (non-hydrogen) atoms. The van der Waals surface area contributed by atoms with E-state index in [1.54, 1.807) is 12.1 Å². The van der Waals surface area contributed by atoms with E-state index in [9.17, 15) is 13.2 Å². The van der Waals surface area contributed by atoms with E-state index in [0.29, 0.717) is 13.1 Å². The Hall–Kier alpha value is -2.26. The third-order valence-electron chi connectivity index (χ3n) is 6.45. The average Bonchev–Trinajstić information content (AvgIpc) is 2.78. The molecule has 0 bridgehead atoms. The highest BCUT2D eigenvalue weighted by Crippen LogP contribution is 2.33. The van der Waals surface area contributed by atoms with E-state index >= 15 is 0 Å². The number of carbonyl (C=O) groups is 1. The summed E-state index contributed by atoms with van der Waals surface area (Å²) in [5, 5.41) is 5.16. The van der Waals surface area contributed by atoms with Crippen LogP contribution in [0.2, 0.25) is 0 Å². The number of nitrogens with two attached hydrogens (primary N) is 1. The minimum atomic E-state index is -3.66. The average molecular weight is 458 g/mol. The molecule has 2 aromatic rings. The molecule has 0 aromatic heterocycles. The zero-order valence-corrected chi connectivity index (χ0v) is 19.3. The molecule has 4 rings (SSSR count). The third kappa shape index (κ3) is 5.38. The lowest BCUT2D eigenvalue weighted by atomic mass is 9.88. The van der Waals surface area contributed by atoms with Gasteiger partial charge in [0.1, 0.15) is 0 Å². The van der Waals surface area contributed by atoms with Crippen molar-refractivity contribution in [3.63, 3.8) is 0 Å². The standard InChI is InChI=1S/C24H31N3O4S/c1-19-17-27(23(28)21-5-3-2-4-6-21)18-24(31-19)12-15-26(16-13-24)14-11-20-7-9-22(10-8-20)32(25,29)30/h2-10,19H,11-18H2,1H3,(H2,25,29,30). The molecule has 1 amide bonds. The van der Waals surface area contributed by atoms with Gasteiger partial charge in [-0.05, 0) is 56.0 Å². The van der Waals surface area contributed by atoms with Crippen LogP contribution in [0.5, 0.6) is 0 Å². The predicted molar refractivity (Wildman–Crippen MR) is 123 cm³/mol. The number of morpholine rings is 1. The maximum Gasteiger partial charge on any atom is 0.254 e.